The SMILES string of the molecule is CCS(=O)(=O)Nc1cccc(Sc2nc3c4ccc(F)cc4c4c(=O)[nH]ccc4c3[nH]2)c1. The Balaban J connectivity index is 1.65. The summed E-state index contributed by atoms with van der Waals surface area (Å²) >= 11 is 1.32. The van der Waals surface area contributed by atoms with Gasteiger partial charge in [-0.05, 0) is 49.4 Å². The van der Waals surface area contributed by atoms with Gasteiger partial charge in [0.15, 0.2) is 5.16 Å². The Kier molecular flexibility index (Phi) is 4.90. The fourth-order valence-corrected chi connectivity index (χ4v) is 5.14. The van der Waals surface area contributed by atoms with E-state index in [-0.39, 0.29) is 11.3 Å². The number of aromatic nitrogens is 3. The van der Waals surface area contributed by atoms with E-state index in [0.29, 0.717) is 43.4 Å². The molecule has 0 atom stereocenters. The number of nitrogens with one attached hydrogen (secondary N) is 3. The number of sulfonamides is 1. The number of pyridine rings is 1. The number of imidazole rings is 1. The summed E-state index contributed by atoms with van der Waals surface area (Å²) in [5, 5.41) is 2.76. The first kappa shape index (κ1) is 20.5. The predicted octanol–water partition coefficient (Wildman–Crippen LogP) is 4.61. The Labute approximate surface area is 186 Å². The third-order valence-corrected chi connectivity index (χ3v) is 7.30. The minimum Gasteiger partial charge on any atom is -0.332 e. The number of nitrogens with zero attached hydrogens (tertiary/aromatic N) is 1. The Morgan fingerprint density at radius 3 is 2.75 bits per heavy atom. The third kappa shape index (κ3) is 3.61. The minimum atomic E-state index is -3.38. The maximum atomic E-state index is 14.0. The zero-order valence-corrected chi connectivity index (χ0v) is 18.4. The number of rotatable bonds is 5. The molecule has 0 amide bonds. The maximum Gasteiger partial charge on any atom is 0.256 e. The van der Waals surface area contributed by atoms with Crippen LogP contribution < -0.4 is 10.3 Å². The van der Waals surface area contributed by atoms with Gasteiger partial charge in [0.25, 0.3) is 5.56 Å². The largest absolute Gasteiger partial charge is 0.332 e. The molecule has 0 aliphatic rings. The van der Waals surface area contributed by atoms with Crippen molar-refractivity contribution in [3.63, 3.8) is 0 Å². The summed E-state index contributed by atoms with van der Waals surface area (Å²) in [4.78, 5) is 23.9. The monoisotopic (exact) mass is 468 g/mol. The highest BCUT2D eigenvalue weighted by molar-refractivity contribution is 7.99. The van der Waals surface area contributed by atoms with Crippen LogP contribution in [-0.2, 0) is 10.0 Å². The highest BCUT2D eigenvalue weighted by Gasteiger charge is 2.16. The number of hydrogen-bond acceptors (Lipinski definition) is 5. The van der Waals surface area contributed by atoms with Gasteiger partial charge in [-0.1, -0.05) is 17.8 Å². The van der Waals surface area contributed by atoms with E-state index in [2.05, 4.69) is 14.7 Å². The lowest BCUT2D eigenvalue weighted by molar-refractivity contribution is 0.602. The van der Waals surface area contributed by atoms with Crippen LogP contribution >= 0.6 is 11.8 Å². The lowest BCUT2D eigenvalue weighted by Gasteiger charge is -2.07. The second kappa shape index (κ2) is 7.64. The third-order valence-electron chi connectivity index (χ3n) is 5.12. The van der Waals surface area contributed by atoms with E-state index < -0.39 is 15.8 Å². The van der Waals surface area contributed by atoms with Crippen LogP contribution in [-0.4, -0.2) is 29.1 Å². The standard InChI is InChI=1S/C22H17FN4O3S2/c1-2-32(29,30)27-13-4-3-5-14(11-13)31-22-25-19-15-7-6-12(23)10-17(15)18-16(20(19)26-22)8-9-24-21(18)28/h3-11,27H,2H2,1H3,(H,24,28)(H,25,26). The molecule has 3 aromatic carbocycles. The molecule has 2 aromatic heterocycles. The number of benzene rings is 3. The van der Waals surface area contributed by atoms with E-state index >= 15 is 0 Å². The van der Waals surface area contributed by atoms with Crippen molar-refractivity contribution in [2.75, 3.05) is 10.5 Å². The fraction of sp³-hybridized carbons (Fsp3) is 0.0909. The molecular weight excluding hydrogens is 451 g/mol. The highest BCUT2D eigenvalue weighted by atomic mass is 32.2. The Hall–Kier alpha value is -3.37. The van der Waals surface area contributed by atoms with Gasteiger partial charge in [-0.25, -0.2) is 17.8 Å². The summed E-state index contributed by atoms with van der Waals surface area (Å²) in [5.41, 5.74) is 1.46. The summed E-state index contributed by atoms with van der Waals surface area (Å²) in [6.07, 6.45) is 1.55. The molecule has 5 aromatic rings. The van der Waals surface area contributed by atoms with Crippen molar-refractivity contribution >= 4 is 60.1 Å². The predicted molar refractivity (Wildman–Crippen MR) is 125 cm³/mol. The summed E-state index contributed by atoms with van der Waals surface area (Å²) < 4.78 is 40.2. The van der Waals surface area contributed by atoms with Crippen LogP contribution in [0.15, 0.2) is 69.6 Å². The van der Waals surface area contributed by atoms with Crippen LogP contribution in [0, 0.1) is 5.82 Å². The Morgan fingerprint density at radius 2 is 1.94 bits per heavy atom. The lowest BCUT2D eigenvalue weighted by Crippen LogP contribution is -2.14. The van der Waals surface area contributed by atoms with Gasteiger partial charge in [0, 0.05) is 32.9 Å². The molecule has 0 radical (unpaired) electrons. The van der Waals surface area contributed by atoms with Crippen LogP contribution in [0.1, 0.15) is 6.92 Å². The first-order chi connectivity index (χ1) is 15.3. The molecule has 5 rings (SSSR count). The van der Waals surface area contributed by atoms with Crippen LogP contribution in [0.3, 0.4) is 0 Å². The van der Waals surface area contributed by atoms with Crippen LogP contribution in [0.4, 0.5) is 10.1 Å². The van der Waals surface area contributed by atoms with Crippen molar-refractivity contribution in [3.8, 4) is 0 Å². The van der Waals surface area contributed by atoms with Crippen LogP contribution in [0.25, 0.3) is 32.6 Å². The van der Waals surface area contributed by atoms with Crippen molar-refractivity contribution < 1.29 is 12.8 Å². The van der Waals surface area contributed by atoms with Crippen molar-refractivity contribution in [2.24, 2.45) is 0 Å². The number of fused-ring (bicyclic) bond motifs is 6. The molecule has 2 heterocycles. The zero-order valence-electron chi connectivity index (χ0n) is 16.8. The molecule has 162 valence electrons. The minimum absolute atomic E-state index is 0.0200. The van der Waals surface area contributed by atoms with E-state index in [1.807, 2.05) is 6.07 Å². The molecule has 0 saturated carbocycles. The Bertz CT molecular complexity index is 1680. The molecule has 32 heavy (non-hydrogen) atoms. The molecule has 0 saturated heterocycles. The number of halogens is 1. The van der Waals surface area contributed by atoms with Gasteiger partial charge in [-0.3, -0.25) is 9.52 Å². The van der Waals surface area contributed by atoms with E-state index in [0.717, 1.165) is 4.90 Å². The average molecular weight is 469 g/mol. The fourth-order valence-electron chi connectivity index (χ4n) is 3.66. The van der Waals surface area contributed by atoms with Gasteiger partial charge in [0.05, 0.1) is 22.2 Å². The van der Waals surface area contributed by atoms with Gasteiger partial charge in [-0.15, -0.1) is 0 Å². The second-order valence-electron chi connectivity index (χ2n) is 7.19. The topological polar surface area (TPSA) is 108 Å². The normalized spacial score (nSPS) is 12.1. The number of anilines is 1. The number of hydrogen-bond donors (Lipinski definition) is 3. The van der Waals surface area contributed by atoms with Gasteiger partial charge in [0.1, 0.15) is 5.82 Å². The first-order valence-corrected chi connectivity index (χ1v) is 12.2. The molecule has 10 heteroatoms. The van der Waals surface area contributed by atoms with Crippen molar-refractivity contribution in [1.82, 2.24) is 15.0 Å². The van der Waals surface area contributed by atoms with E-state index in [1.54, 1.807) is 43.5 Å². The van der Waals surface area contributed by atoms with Crippen LogP contribution in [0.2, 0.25) is 0 Å². The van der Waals surface area contributed by atoms with Crippen molar-refractivity contribution in [2.45, 2.75) is 17.0 Å². The second-order valence-corrected chi connectivity index (χ2v) is 10.3. The molecule has 3 N–H and O–H groups in total. The van der Waals surface area contributed by atoms with Gasteiger partial charge in [-0.2, -0.15) is 0 Å². The molecule has 0 fully saturated rings. The van der Waals surface area contributed by atoms with Gasteiger partial charge < -0.3 is 9.97 Å². The summed E-state index contributed by atoms with van der Waals surface area (Å²) in [6, 6.07) is 13.1. The van der Waals surface area contributed by atoms with Crippen molar-refractivity contribution in [1.29, 1.82) is 0 Å². The quantitative estimate of drug-likeness (QED) is 0.327. The molecule has 0 spiro atoms. The highest BCUT2D eigenvalue weighted by Crippen LogP contribution is 2.36. The van der Waals surface area contributed by atoms with Gasteiger partial charge >= 0.3 is 0 Å². The van der Waals surface area contributed by atoms with Crippen LogP contribution in [0.5, 0.6) is 0 Å². The molecule has 0 aliphatic carbocycles. The smallest absolute Gasteiger partial charge is 0.256 e. The van der Waals surface area contributed by atoms with E-state index in [9.17, 15) is 17.6 Å². The number of H-pyrrole nitrogens is 2. The average Bonchev–Trinajstić information content (AvgIpc) is 3.17. The first-order valence-electron chi connectivity index (χ1n) is 9.75. The number of aromatic amines is 2. The molecule has 7 nitrogen and oxygen atoms in total. The molecular formula is C22H17FN4O3S2. The summed E-state index contributed by atoms with van der Waals surface area (Å²) in [6.45, 7) is 1.57. The summed E-state index contributed by atoms with van der Waals surface area (Å²) in [7, 11) is -3.38. The zero-order chi connectivity index (χ0) is 22.5. The van der Waals surface area contributed by atoms with Gasteiger partial charge in [0.2, 0.25) is 10.0 Å². The summed E-state index contributed by atoms with van der Waals surface area (Å²) in [5.74, 6) is -0.453. The molecule has 0 bridgehead atoms. The lowest BCUT2D eigenvalue weighted by atomic mass is 10.0. The van der Waals surface area contributed by atoms with Crippen molar-refractivity contribution in [3.05, 3.63) is 70.9 Å². The van der Waals surface area contributed by atoms with E-state index in [4.69, 9.17) is 4.98 Å². The van der Waals surface area contributed by atoms with E-state index in [1.165, 1.54) is 23.9 Å². The Morgan fingerprint density at radius 1 is 1.09 bits per heavy atom. The maximum absolute atomic E-state index is 14.0. The molecule has 0 unspecified atom stereocenters. The molecule has 0 aliphatic heterocycles.